The average Bonchev–Trinajstić information content (AvgIpc) is 2.37. The number of unbranched alkanes of at least 4 members (excludes halogenated alkanes) is 1. The highest BCUT2D eigenvalue weighted by Crippen LogP contribution is 2.08. The largest absolute Gasteiger partial charge is 0.464 e. The molecule has 0 aliphatic heterocycles. The molecule has 106 valence electrons. The van der Waals surface area contributed by atoms with Crippen LogP contribution < -0.4 is 4.72 Å². The lowest BCUT2D eigenvalue weighted by atomic mass is 10.2. The molecule has 6 nitrogen and oxygen atoms in total. The maximum atomic E-state index is 11.9. The number of rotatable bonds is 7. The van der Waals surface area contributed by atoms with Gasteiger partial charge in [0.15, 0.2) is 0 Å². The van der Waals surface area contributed by atoms with Gasteiger partial charge in [0, 0.05) is 6.54 Å². The zero-order valence-corrected chi connectivity index (χ0v) is 11.6. The molecule has 1 amide bonds. The lowest BCUT2D eigenvalue weighted by Gasteiger charge is -2.19. The molecule has 0 aliphatic rings. The van der Waals surface area contributed by atoms with Gasteiger partial charge in [-0.25, -0.2) is 4.79 Å². The van der Waals surface area contributed by atoms with Gasteiger partial charge in [-0.3, -0.25) is 0 Å². The van der Waals surface area contributed by atoms with Crippen molar-refractivity contribution in [3.05, 3.63) is 35.9 Å². The van der Waals surface area contributed by atoms with Crippen molar-refractivity contribution in [2.75, 3.05) is 6.54 Å². The maximum absolute atomic E-state index is 11.9. The van der Waals surface area contributed by atoms with Gasteiger partial charge in [-0.2, -0.15) is 17.4 Å². The van der Waals surface area contributed by atoms with Crippen LogP contribution in [0.4, 0.5) is 4.79 Å². The Morgan fingerprint density at radius 3 is 2.47 bits per heavy atom. The molecule has 0 aliphatic carbocycles. The van der Waals surface area contributed by atoms with Gasteiger partial charge < -0.3 is 5.11 Å². The first-order chi connectivity index (χ1) is 8.97. The summed E-state index contributed by atoms with van der Waals surface area (Å²) in [5.41, 5.74) is 0.616. The van der Waals surface area contributed by atoms with Gasteiger partial charge in [0.1, 0.15) is 0 Å². The van der Waals surface area contributed by atoms with Crippen molar-refractivity contribution in [1.82, 2.24) is 9.03 Å². The highest BCUT2D eigenvalue weighted by molar-refractivity contribution is 7.87. The van der Waals surface area contributed by atoms with Gasteiger partial charge in [-0.1, -0.05) is 43.7 Å². The van der Waals surface area contributed by atoms with E-state index in [-0.39, 0.29) is 13.1 Å². The average molecular weight is 286 g/mol. The number of nitrogens with one attached hydrogen (secondary N) is 1. The summed E-state index contributed by atoms with van der Waals surface area (Å²) in [6.45, 7) is 1.96. The van der Waals surface area contributed by atoms with Crippen molar-refractivity contribution in [2.24, 2.45) is 0 Å². The lowest BCUT2D eigenvalue weighted by molar-refractivity contribution is 0.170. The Morgan fingerprint density at radius 2 is 1.95 bits per heavy atom. The molecule has 0 radical (unpaired) electrons. The Labute approximate surface area is 113 Å². The van der Waals surface area contributed by atoms with E-state index in [1.165, 1.54) is 0 Å². The van der Waals surface area contributed by atoms with Crippen LogP contribution in [0.25, 0.3) is 0 Å². The first kappa shape index (κ1) is 15.5. The Bertz CT molecular complexity index is 502. The molecule has 1 rings (SSSR count). The van der Waals surface area contributed by atoms with Crippen molar-refractivity contribution in [1.29, 1.82) is 0 Å². The topological polar surface area (TPSA) is 86.7 Å². The normalized spacial score (nSPS) is 11.2. The van der Waals surface area contributed by atoms with Crippen LogP contribution in [-0.2, 0) is 16.8 Å². The minimum absolute atomic E-state index is 0.197. The predicted octanol–water partition coefficient (Wildman–Crippen LogP) is 1.80. The molecule has 2 N–H and O–H groups in total. The lowest BCUT2D eigenvalue weighted by Crippen LogP contribution is -2.43. The van der Waals surface area contributed by atoms with Crippen LogP contribution in [0.2, 0.25) is 0 Å². The van der Waals surface area contributed by atoms with Crippen LogP contribution in [0.1, 0.15) is 25.3 Å². The quantitative estimate of drug-likeness (QED) is 0.748. The van der Waals surface area contributed by atoms with E-state index in [1.807, 2.05) is 6.92 Å². The molecule has 7 heteroatoms. The second kappa shape index (κ2) is 7.10. The summed E-state index contributed by atoms with van der Waals surface area (Å²) in [7, 11) is -4.01. The van der Waals surface area contributed by atoms with Crippen LogP contribution >= 0.6 is 0 Å². The van der Waals surface area contributed by atoms with E-state index in [9.17, 15) is 13.2 Å². The van der Waals surface area contributed by atoms with Crippen LogP contribution in [-0.4, -0.2) is 30.5 Å². The molecular formula is C12H18N2O4S. The van der Waals surface area contributed by atoms with Crippen molar-refractivity contribution in [3.8, 4) is 0 Å². The molecule has 1 aromatic rings. The summed E-state index contributed by atoms with van der Waals surface area (Å²) in [6, 6.07) is 8.59. The smallest absolute Gasteiger partial charge is 0.422 e. The number of nitrogens with zero attached hydrogens (tertiary/aromatic N) is 1. The van der Waals surface area contributed by atoms with Crippen molar-refractivity contribution in [2.45, 2.75) is 26.3 Å². The molecule has 19 heavy (non-hydrogen) atoms. The van der Waals surface area contributed by atoms with Crippen molar-refractivity contribution >= 4 is 16.3 Å². The molecule has 0 saturated heterocycles. The molecule has 1 aromatic carbocycles. The number of hydrogen-bond donors (Lipinski definition) is 2. The fourth-order valence-electron chi connectivity index (χ4n) is 1.46. The van der Waals surface area contributed by atoms with Crippen LogP contribution in [0.3, 0.4) is 0 Å². The van der Waals surface area contributed by atoms with Crippen LogP contribution in [0.5, 0.6) is 0 Å². The summed E-state index contributed by atoms with van der Waals surface area (Å²) in [5, 5.41) is 9.03. The fourth-order valence-corrected chi connectivity index (χ4v) is 2.54. The molecule has 0 atom stereocenters. The Balaban J connectivity index is 2.80. The monoisotopic (exact) mass is 286 g/mol. The van der Waals surface area contributed by atoms with E-state index in [4.69, 9.17) is 5.11 Å². The van der Waals surface area contributed by atoms with Gasteiger partial charge in [0.05, 0.1) is 6.54 Å². The zero-order valence-electron chi connectivity index (χ0n) is 10.7. The molecular weight excluding hydrogens is 268 g/mol. The van der Waals surface area contributed by atoms with E-state index in [0.717, 1.165) is 6.42 Å². The summed E-state index contributed by atoms with van der Waals surface area (Å²) < 4.78 is 26.5. The highest BCUT2D eigenvalue weighted by atomic mass is 32.2. The Morgan fingerprint density at radius 1 is 1.32 bits per heavy atom. The SMILES string of the molecule is CCCCNS(=O)(=O)N(Cc1ccccc1)C(=O)O. The molecule has 0 aromatic heterocycles. The third-order valence-corrected chi connectivity index (χ3v) is 3.92. The first-order valence-corrected chi connectivity index (χ1v) is 7.45. The van der Waals surface area contributed by atoms with Gasteiger partial charge in [-0.15, -0.1) is 0 Å². The molecule has 0 fully saturated rings. The number of hydrogen-bond acceptors (Lipinski definition) is 3. The standard InChI is InChI=1S/C12H18N2O4S/c1-2-3-9-13-19(17,18)14(12(15)16)10-11-7-5-4-6-8-11/h4-8,13H,2-3,9-10H2,1H3,(H,15,16). The molecule has 0 saturated carbocycles. The predicted molar refractivity (Wildman–Crippen MR) is 71.8 cm³/mol. The summed E-state index contributed by atoms with van der Waals surface area (Å²) in [4.78, 5) is 11.1. The van der Waals surface area contributed by atoms with Crippen LogP contribution in [0, 0.1) is 0 Å². The van der Waals surface area contributed by atoms with Crippen molar-refractivity contribution < 1.29 is 18.3 Å². The van der Waals surface area contributed by atoms with Gasteiger partial charge >= 0.3 is 16.3 Å². The van der Waals surface area contributed by atoms with Crippen LogP contribution in [0.15, 0.2) is 30.3 Å². The number of carboxylic acid groups (broad SMARTS) is 1. The van der Waals surface area contributed by atoms with Gasteiger partial charge in [0.2, 0.25) is 0 Å². The van der Waals surface area contributed by atoms with Crippen molar-refractivity contribution in [3.63, 3.8) is 0 Å². The molecule has 0 spiro atoms. The van der Waals surface area contributed by atoms with Gasteiger partial charge in [-0.05, 0) is 12.0 Å². The number of benzene rings is 1. The van der Waals surface area contributed by atoms with E-state index in [1.54, 1.807) is 30.3 Å². The second-order valence-electron chi connectivity index (χ2n) is 4.03. The zero-order chi connectivity index (χ0) is 14.3. The van der Waals surface area contributed by atoms with E-state index >= 15 is 0 Å². The first-order valence-electron chi connectivity index (χ1n) is 6.01. The number of carbonyl (C=O) groups is 1. The summed E-state index contributed by atoms with van der Waals surface area (Å²) in [5.74, 6) is 0. The Kier molecular flexibility index (Phi) is 5.78. The van der Waals surface area contributed by atoms with Gasteiger partial charge in [0.25, 0.3) is 0 Å². The highest BCUT2D eigenvalue weighted by Gasteiger charge is 2.26. The summed E-state index contributed by atoms with van der Waals surface area (Å²) in [6.07, 6.45) is -0.000366. The molecule has 0 heterocycles. The third kappa shape index (κ3) is 4.88. The molecule has 0 unspecified atom stereocenters. The fraction of sp³-hybridized carbons (Fsp3) is 0.417. The van der Waals surface area contributed by atoms with E-state index in [0.29, 0.717) is 16.3 Å². The van der Waals surface area contributed by atoms with E-state index in [2.05, 4.69) is 4.72 Å². The molecule has 0 bridgehead atoms. The summed E-state index contributed by atoms with van der Waals surface area (Å²) >= 11 is 0. The second-order valence-corrected chi connectivity index (χ2v) is 5.71. The minimum Gasteiger partial charge on any atom is -0.464 e. The third-order valence-electron chi connectivity index (χ3n) is 2.49. The maximum Gasteiger partial charge on any atom is 0.422 e. The van der Waals surface area contributed by atoms with E-state index < -0.39 is 16.3 Å². The number of amides is 1. The minimum atomic E-state index is -4.01. The Hall–Kier alpha value is -1.60.